The number of nitrogens with zero attached hydrogens (tertiary/aromatic N) is 1. The zero-order chi connectivity index (χ0) is 14.6. The molecule has 0 bridgehead atoms. The summed E-state index contributed by atoms with van der Waals surface area (Å²) in [6, 6.07) is 0.111. The zero-order valence-corrected chi connectivity index (χ0v) is 12.3. The number of methoxy groups -OCH3 is 1. The molecular weight excluding hydrogens is 246 g/mol. The molecule has 5 nitrogen and oxygen atoms in total. The molecule has 4 unspecified atom stereocenters. The predicted molar refractivity (Wildman–Crippen MR) is 69.6 cm³/mol. The molecule has 1 N–H and O–H groups in total. The van der Waals surface area contributed by atoms with E-state index >= 15 is 0 Å². The highest BCUT2D eigenvalue weighted by Crippen LogP contribution is 2.54. The fraction of sp³-hybridized carbons (Fsp3) is 0.857. The maximum atomic E-state index is 12.3. The predicted octanol–water partition coefficient (Wildman–Crippen LogP) is 1.37. The quantitative estimate of drug-likeness (QED) is 0.837. The van der Waals surface area contributed by atoms with Gasteiger partial charge in [-0.15, -0.1) is 0 Å². The lowest BCUT2D eigenvalue weighted by Crippen LogP contribution is -2.68. The Labute approximate surface area is 113 Å². The third-order valence-electron chi connectivity index (χ3n) is 5.47. The highest BCUT2D eigenvalue weighted by molar-refractivity contribution is 5.89. The summed E-state index contributed by atoms with van der Waals surface area (Å²) in [6.45, 7) is 6.24. The summed E-state index contributed by atoms with van der Waals surface area (Å²) in [5.74, 6) is -1.70. The average molecular weight is 269 g/mol. The Morgan fingerprint density at radius 2 is 1.84 bits per heavy atom. The second-order valence-corrected chi connectivity index (χ2v) is 6.61. The van der Waals surface area contributed by atoms with E-state index in [1.807, 2.05) is 0 Å². The van der Waals surface area contributed by atoms with E-state index < -0.39 is 11.9 Å². The molecule has 0 aromatic rings. The number of hydrogen-bond acceptors (Lipinski definition) is 3. The second-order valence-electron chi connectivity index (χ2n) is 6.61. The van der Waals surface area contributed by atoms with Crippen LogP contribution in [0.5, 0.6) is 0 Å². The van der Waals surface area contributed by atoms with Crippen LogP contribution in [-0.4, -0.2) is 47.7 Å². The Balaban J connectivity index is 2.01. The summed E-state index contributed by atoms with van der Waals surface area (Å²) in [6.07, 6.45) is 1.27. The molecule has 4 atom stereocenters. The Morgan fingerprint density at radius 3 is 2.21 bits per heavy atom. The van der Waals surface area contributed by atoms with Crippen LogP contribution in [0.2, 0.25) is 0 Å². The first-order chi connectivity index (χ1) is 8.65. The first-order valence-corrected chi connectivity index (χ1v) is 6.70. The van der Waals surface area contributed by atoms with Gasteiger partial charge in [-0.1, -0.05) is 13.8 Å². The summed E-state index contributed by atoms with van der Waals surface area (Å²) >= 11 is 0. The number of amides is 1. The normalized spacial score (nSPS) is 39.3. The van der Waals surface area contributed by atoms with E-state index in [0.717, 1.165) is 6.42 Å². The topological polar surface area (TPSA) is 66.8 Å². The Bertz CT molecular complexity index is 420. The highest BCUT2D eigenvalue weighted by atomic mass is 16.5. The number of ether oxygens (including phenoxy) is 1. The van der Waals surface area contributed by atoms with E-state index in [1.54, 1.807) is 19.1 Å². The Hall–Kier alpha value is -1.10. The number of carboxylic acid groups (broad SMARTS) is 1. The van der Waals surface area contributed by atoms with Gasteiger partial charge in [-0.2, -0.15) is 0 Å². The lowest BCUT2D eigenvalue weighted by Gasteiger charge is -2.61. The van der Waals surface area contributed by atoms with Gasteiger partial charge in [0.05, 0.1) is 17.4 Å². The molecule has 0 heterocycles. The van der Waals surface area contributed by atoms with E-state index in [-0.39, 0.29) is 28.9 Å². The average Bonchev–Trinajstić information content (AvgIpc) is 3.13. The first-order valence-electron chi connectivity index (χ1n) is 6.70. The molecule has 0 aromatic carbocycles. The molecule has 0 saturated heterocycles. The number of carbonyl (C=O) groups is 2. The first kappa shape index (κ1) is 14.3. The van der Waals surface area contributed by atoms with Crippen molar-refractivity contribution >= 4 is 11.9 Å². The van der Waals surface area contributed by atoms with Crippen molar-refractivity contribution < 1.29 is 19.4 Å². The van der Waals surface area contributed by atoms with E-state index in [2.05, 4.69) is 20.8 Å². The molecule has 2 aliphatic rings. The van der Waals surface area contributed by atoms with Gasteiger partial charge in [0.2, 0.25) is 5.91 Å². The van der Waals surface area contributed by atoms with Crippen LogP contribution >= 0.6 is 0 Å². The lowest BCUT2D eigenvalue weighted by atomic mass is 9.55. The van der Waals surface area contributed by atoms with Gasteiger partial charge < -0.3 is 14.7 Å². The molecule has 0 radical (unpaired) electrons. The molecule has 0 spiro atoms. The summed E-state index contributed by atoms with van der Waals surface area (Å²) in [5, 5.41) is 8.90. The molecule has 2 fully saturated rings. The van der Waals surface area contributed by atoms with Gasteiger partial charge in [-0.25, -0.2) is 0 Å². The van der Waals surface area contributed by atoms with Crippen molar-refractivity contribution in [3.63, 3.8) is 0 Å². The number of hydrogen-bond donors (Lipinski definition) is 1. The fourth-order valence-corrected chi connectivity index (χ4v) is 3.23. The van der Waals surface area contributed by atoms with Gasteiger partial charge in [-0.3, -0.25) is 9.59 Å². The number of rotatable bonds is 4. The third-order valence-corrected chi connectivity index (χ3v) is 5.47. The van der Waals surface area contributed by atoms with Gasteiger partial charge in [0.25, 0.3) is 0 Å². The third kappa shape index (κ3) is 1.95. The smallest absolute Gasteiger partial charge is 0.307 e. The van der Waals surface area contributed by atoms with Gasteiger partial charge in [0, 0.05) is 25.6 Å². The number of carbonyl (C=O) groups excluding carboxylic acids is 1. The molecule has 108 valence electrons. The van der Waals surface area contributed by atoms with Crippen molar-refractivity contribution in [1.82, 2.24) is 4.90 Å². The molecule has 2 saturated carbocycles. The van der Waals surface area contributed by atoms with Crippen LogP contribution in [0.25, 0.3) is 0 Å². The van der Waals surface area contributed by atoms with Crippen LogP contribution in [0.1, 0.15) is 33.6 Å². The molecule has 2 aliphatic carbocycles. The lowest BCUT2D eigenvalue weighted by molar-refractivity contribution is -0.207. The second kappa shape index (κ2) is 4.20. The molecule has 0 aliphatic heterocycles. The van der Waals surface area contributed by atoms with Crippen molar-refractivity contribution in [3.05, 3.63) is 0 Å². The van der Waals surface area contributed by atoms with Crippen molar-refractivity contribution in [3.8, 4) is 0 Å². The number of aliphatic carboxylic acids is 1. The Morgan fingerprint density at radius 1 is 1.26 bits per heavy atom. The largest absolute Gasteiger partial charge is 0.481 e. The molecule has 19 heavy (non-hydrogen) atoms. The molecular formula is C14H23NO4. The van der Waals surface area contributed by atoms with Gasteiger partial charge in [0.15, 0.2) is 0 Å². The van der Waals surface area contributed by atoms with Gasteiger partial charge in [-0.05, 0) is 19.8 Å². The van der Waals surface area contributed by atoms with Crippen LogP contribution in [0.3, 0.4) is 0 Å². The van der Waals surface area contributed by atoms with Crippen molar-refractivity contribution in [2.24, 2.45) is 17.3 Å². The highest BCUT2D eigenvalue weighted by Gasteiger charge is 2.61. The minimum Gasteiger partial charge on any atom is -0.481 e. The maximum Gasteiger partial charge on any atom is 0.307 e. The molecule has 0 aromatic heterocycles. The minimum absolute atomic E-state index is 0.0383. The molecule has 5 heteroatoms. The monoisotopic (exact) mass is 269 g/mol. The Kier molecular flexibility index (Phi) is 3.16. The van der Waals surface area contributed by atoms with Crippen molar-refractivity contribution in [1.29, 1.82) is 0 Å². The van der Waals surface area contributed by atoms with Crippen LogP contribution in [-0.2, 0) is 14.3 Å². The number of carboxylic acids is 1. The minimum atomic E-state index is -0.860. The van der Waals surface area contributed by atoms with Crippen LogP contribution < -0.4 is 0 Å². The van der Waals surface area contributed by atoms with E-state index in [1.165, 1.54) is 0 Å². The zero-order valence-electron chi connectivity index (χ0n) is 12.3. The van der Waals surface area contributed by atoms with Gasteiger partial charge in [0.1, 0.15) is 0 Å². The summed E-state index contributed by atoms with van der Waals surface area (Å²) in [5.41, 5.74) is -0.346. The van der Waals surface area contributed by atoms with Crippen LogP contribution in [0.15, 0.2) is 0 Å². The van der Waals surface area contributed by atoms with Crippen LogP contribution in [0, 0.1) is 17.3 Å². The fourth-order valence-electron chi connectivity index (χ4n) is 3.23. The SMILES string of the molecule is COC1(C)CC(N(C)C(=O)C2CC2C(=O)O)C1(C)C. The molecule has 1 amide bonds. The summed E-state index contributed by atoms with van der Waals surface area (Å²) < 4.78 is 5.55. The molecule has 2 rings (SSSR count). The van der Waals surface area contributed by atoms with E-state index in [9.17, 15) is 9.59 Å². The van der Waals surface area contributed by atoms with E-state index in [0.29, 0.717) is 6.42 Å². The summed E-state index contributed by atoms with van der Waals surface area (Å²) in [7, 11) is 3.47. The van der Waals surface area contributed by atoms with Crippen LogP contribution in [0.4, 0.5) is 0 Å². The standard InChI is InChI=1S/C14H23NO4/c1-13(2)10(7-14(13,3)19-5)15(4)11(16)8-6-9(8)12(17)18/h8-10H,6-7H2,1-5H3,(H,17,18). The van der Waals surface area contributed by atoms with Crippen molar-refractivity contribution in [2.75, 3.05) is 14.2 Å². The van der Waals surface area contributed by atoms with Crippen molar-refractivity contribution in [2.45, 2.75) is 45.3 Å². The summed E-state index contributed by atoms with van der Waals surface area (Å²) in [4.78, 5) is 24.8. The maximum absolute atomic E-state index is 12.3. The van der Waals surface area contributed by atoms with Gasteiger partial charge >= 0.3 is 5.97 Å². The van der Waals surface area contributed by atoms with E-state index in [4.69, 9.17) is 9.84 Å².